The normalized spacial score (nSPS) is 9.44. The number of ether oxygens (including phenoxy) is 1. The predicted molar refractivity (Wildman–Crippen MR) is 88.0 cm³/mol. The fraction of sp³-hybridized carbons (Fsp3) is 0.647. The van der Waals surface area contributed by atoms with Gasteiger partial charge < -0.3 is 4.74 Å². The first kappa shape index (κ1) is 25.8. The summed E-state index contributed by atoms with van der Waals surface area (Å²) in [6.45, 7) is 23.7. The fourth-order valence-corrected chi connectivity index (χ4v) is 0.613. The highest BCUT2D eigenvalue weighted by Gasteiger charge is 2.10. The van der Waals surface area contributed by atoms with Crippen molar-refractivity contribution in [2.45, 2.75) is 74.8 Å². The molecule has 0 rings (SSSR count). The highest BCUT2D eigenvalue weighted by atomic mass is 16.5. The number of rotatable bonds is 2. The first-order valence-electron chi connectivity index (χ1n) is 6.95. The molecule has 0 atom stereocenters. The Labute approximate surface area is 117 Å². The zero-order valence-corrected chi connectivity index (χ0v) is 14.4. The molecule has 0 N–H and O–H groups in total. The van der Waals surface area contributed by atoms with Gasteiger partial charge in [0.15, 0.2) is 0 Å². The molecule has 18 heavy (non-hydrogen) atoms. The Bertz CT molecular complexity index is 188. The van der Waals surface area contributed by atoms with E-state index in [2.05, 4.69) is 6.58 Å². The van der Waals surface area contributed by atoms with Crippen LogP contribution in [0.1, 0.15) is 69.2 Å². The predicted octanol–water partition coefficient (Wildman–Crippen LogP) is 6.53. The van der Waals surface area contributed by atoms with Gasteiger partial charge in [0.25, 0.3) is 0 Å². The van der Waals surface area contributed by atoms with Crippen LogP contribution in [-0.4, -0.2) is 5.60 Å². The van der Waals surface area contributed by atoms with E-state index in [-0.39, 0.29) is 5.60 Å². The maximum Gasteiger partial charge on any atom is 0.112 e. The van der Waals surface area contributed by atoms with Crippen LogP contribution in [0.4, 0.5) is 0 Å². The van der Waals surface area contributed by atoms with Crippen molar-refractivity contribution < 1.29 is 4.74 Å². The fourth-order valence-electron chi connectivity index (χ4n) is 0.613. The Kier molecular flexibility index (Phi) is 30.5. The van der Waals surface area contributed by atoms with Gasteiger partial charge in [-0.15, -0.1) is 0 Å². The molecule has 0 aromatic rings. The van der Waals surface area contributed by atoms with Gasteiger partial charge in [0.05, 0.1) is 0 Å². The standard InChI is InChI=1S/C9H16O.C4H8.2C2H6/c1-6-7-8(2)10-9(3,4)5;1-3-4-2;2*1-2/h6-7H,2H2,1,3-5H3;3-4H,1-2H3;2*1-2H3/b7-6-;4-3-;;. The van der Waals surface area contributed by atoms with E-state index in [9.17, 15) is 0 Å². The average Bonchev–Trinajstić information content (AvgIpc) is 2.32. The Hall–Kier alpha value is -0.980. The smallest absolute Gasteiger partial charge is 0.112 e. The van der Waals surface area contributed by atoms with Gasteiger partial charge in [-0.05, 0) is 47.6 Å². The molecular formula is C17H36O. The molecule has 0 spiro atoms. The molecule has 0 aromatic carbocycles. The van der Waals surface area contributed by atoms with Gasteiger partial charge in [0.2, 0.25) is 0 Å². The van der Waals surface area contributed by atoms with Crippen LogP contribution in [0.15, 0.2) is 36.6 Å². The summed E-state index contributed by atoms with van der Waals surface area (Å²) in [5, 5.41) is 0. The van der Waals surface area contributed by atoms with Crippen LogP contribution in [0, 0.1) is 0 Å². The molecule has 0 amide bonds. The molecule has 0 radical (unpaired) electrons. The first-order valence-corrected chi connectivity index (χ1v) is 6.95. The molecule has 0 fully saturated rings. The maximum atomic E-state index is 5.40. The topological polar surface area (TPSA) is 9.23 Å². The summed E-state index contributed by atoms with van der Waals surface area (Å²) in [4.78, 5) is 0. The van der Waals surface area contributed by atoms with Crippen molar-refractivity contribution in [3.8, 4) is 0 Å². The van der Waals surface area contributed by atoms with Gasteiger partial charge in [-0.2, -0.15) is 0 Å². The third kappa shape index (κ3) is 45.9. The summed E-state index contributed by atoms with van der Waals surface area (Å²) in [5.74, 6) is 0.718. The zero-order valence-electron chi connectivity index (χ0n) is 14.4. The van der Waals surface area contributed by atoms with Crippen molar-refractivity contribution in [1.29, 1.82) is 0 Å². The van der Waals surface area contributed by atoms with Gasteiger partial charge in [-0.1, -0.05) is 52.5 Å². The van der Waals surface area contributed by atoms with Crippen LogP contribution in [0.5, 0.6) is 0 Å². The van der Waals surface area contributed by atoms with Crippen LogP contribution in [0.2, 0.25) is 0 Å². The molecule has 0 aliphatic rings. The van der Waals surface area contributed by atoms with Crippen molar-refractivity contribution in [2.24, 2.45) is 0 Å². The van der Waals surface area contributed by atoms with E-state index in [1.54, 1.807) is 0 Å². The van der Waals surface area contributed by atoms with Crippen molar-refractivity contribution in [3.63, 3.8) is 0 Å². The summed E-state index contributed by atoms with van der Waals surface area (Å²) in [6, 6.07) is 0. The molecule has 0 saturated heterocycles. The Morgan fingerprint density at radius 2 is 1.17 bits per heavy atom. The summed E-state index contributed by atoms with van der Waals surface area (Å²) < 4.78 is 5.40. The van der Waals surface area contributed by atoms with Gasteiger partial charge >= 0.3 is 0 Å². The van der Waals surface area contributed by atoms with Crippen LogP contribution in [0.3, 0.4) is 0 Å². The van der Waals surface area contributed by atoms with Crippen LogP contribution >= 0.6 is 0 Å². The number of hydrogen-bond acceptors (Lipinski definition) is 1. The van der Waals surface area contributed by atoms with E-state index in [0.29, 0.717) is 0 Å². The minimum Gasteiger partial charge on any atom is -0.489 e. The molecule has 0 saturated carbocycles. The Morgan fingerprint density at radius 1 is 0.833 bits per heavy atom. The van der Waals surface area contributed by atoms with E-state index in [4.69, 9.17) is 4.74 Å². The minimum atomic E-state index is -0.128. The van der Waals surface area contributed by atoms with E-state index in [0.717, 1.165) is 5.76 Å². The lowest BCUT2D eigenvalue weighted by atomic mass is 10.2. The summed E-state index contributed by atoms with van der Waals surface area (Å²) in [6.07, 6.45) is 7.76. The lowest BCUT2D eigenvalue weighted by Gasteiger charge is -2.20. The lowest BCUT2D eigenvalue weighted by Crippen LogP contribution is -2.17. The van der Waals surface area contributed by atoms with E-state index in [1.807, 2.05) is 93.5 Å². The van der Waals surface area contributed by atoms with E-state index >= 15 is 0 Å². The first-order chi connectivity index (χ1) is 8.37. The molecule has 0 unspecified atom stereocenters. The SMILES string of the molecule is C/C=C\C.C=C(/C=C\C)OC(C)(C)C.CC.CC. The Morgan fingerprint density at radius 3 is 1.33 bits per heavy atom. The van der Waals surface area contributed by atoms with Crippen LogP contribution in [-0.2, 0) is 4.74 Å². The molecule has 110 valence electrons. The van der Waals surface area contributed by atoms with Crippen molar-refractivity contribution in [3.05, 3.63) is 36.6 Å². The quantitative estimate of drug-likeness (QED) is 0.310. The molecule has 0 aliphatic carbocycles. The average molecular weight is 256 g/mol. The summed E-state index contributed by atoms with van der Waals surface area (Å²) in [5.41, 5.74) is -0.128. The van der Waals surface area contributed by atoms with Crippen molar-refractivity contribution >= 4 is 0 Å². The van der Waals surface area contributed by atoms with Gasteiger partial charge in [0, 0.05) is 0 Å². The molecule has 0 heterocycles. The molecule has 1 nitrogen and oxygen atoms in total. The van der Waals surface area contributed by atoms with Gasteiger partial charge in [0.1, 0.15) is 11.4 Å². The second-order valence-electron chi connectivity index (χ2n) is 3.85. The lowest BCUT2D eigenvalue weighted by molar-refractivity contribution is 0.0609. The minimum absolute atomic E-state index is 0.128. The molecule has 0 aliphatic heterocycles. The highest BCUT2D eigenvalue weighted by molar-refractivity contribution is 5.06. The molecular weight excluding hydrogens is 220 g/mol. The van der Waals surface area contributed by atoms with Gasteiger partial charge in [-0.25, -0.2) is 0 Å². The number of allylic oxidation sites excluding steroid dienone is 4. The van der Waals surface area contributed by atoms with Crippen molar-refractivity contribution in [2.75, 3.05) is 0 Å². The molecule has 1 heteroatoms. The van der Waals surface area contributed by atoms with E-state index < -0.39 is 0 Å². The van der Waals surface area contributed by atoms with Crippen molar-refractivity contribution in [1.82, 2.24) is 0 Å². The van der Waals surface area contributed by atoms with E-state index in [1.165, 1.54) is 0 Å². The highest BCUT2D eigenvalue weighted by Crippen LogP contribution is 2.12. The largest absolute Gasteiger partial charge is 0.489 e. The number of hydrogen-bond donors (Lipinski definition) is 0. The molecule has 0 aromatic heterocycles. The third-order valence-electron chi connectivity index (χ3n) is 1.12. The van der Waals surface area contributed by atoms with Gasteiger partial charge in [-0.3, -0.25) is 0 Å². The maximum absolute atomic E-state index is 5.40. The molecule has 0 bridgehead atoms. The second-order valence-corrected chi connectivity index (χ2v) is 3.85. The van der Waals surface area contributed by atoms with Crippen LogP contribution < -0.4 is 0 Å². The zero-order chi connectivity index (χ0) is 15.6. The monoisotopic (exact) mass is 256 g/mol. The Balaban J connectivity index is -0.000000102. The van der Waals surface area contributed by atoms with Crippen LogP contribution in [0.25, 0.3) is 0 Å². The summed E-state index contributed by atoms with van der Waals surface area (Å²) in [7, 11) is 0. The summed E-state index contributed by atoms with van der Waals surface area (Å²) >= 11 is 0. The second kappa shape index (κ2) is 21.3. The third-order valence-corrected chi connectivity index (χ3v) is 1.12.